The maximum absolute atomic E-state index is 12.1. The zero-order chi connectivity index (χ0) is 13.8. The van der Waals surface area contributed by atoms with Gasteiger partial charge in [0.25, 0.3) is 0 Å². The van der Waals surface area contributed by atoms with Crippen molar-refractivity contribution in [2.45, 2.75) is 32.1 Å². The van der Waals surface area contributed by atoms with Gasteiger partial charge in [-0.15, -0.1) is 0 Å². The zero-order valence-corrected chi connectivity index (χ0v) is 11.1. The number of nitrogens with one attached hydrogen (secondary N) is 1. The number of nitrogens with zero attached hydrogens (tertiary/aromatic N) is 1. The van der Waals surface area contributed by atoms with Crippen LogP contribution in [-0.4, -0.2) is 42.3 Å². The first-order valence-electron chi connectivity index (χ1n) is 6.89. The number of carbonyl (C=O) groups is 3. The largest absolute Gasteiger partial charge is 0.330 e. The van der Waals surface area contributed by atoms with E-state index in [9.17, 15) is 14.4 Å². The first kappa shape index (κ1) is 14.0. The summed E-state index contributed by atoms with van der Waals surface area (Å²) in [7, 11) is 0. The zero-order valence-electron chi connectivity index (χ0n) is 11.1. The molecule has 1 saturated heterocycles. The molecule has 6 nitrogen and oxygen atoms in total. The van der Waals surface area contributed by atoms with Gasteiger partial charge in [-0.25, -0.2) is 0 Å². The molecule has 0 aromatic heterocycles. The van der Waals surface area contributed by atoms with Crippen molar-refractivity contribution < 1.29 is 14.4 Å². The highest BCUT2D eigenvalue weighted by atomic mass is 16.2. The lowest BCUT2D eigenvalue weighted by Crippen LogP contribution is -2.53. The minimum absolute atomic E-state index is 0.00270. The predicted molar refractivity (Wildman–Crippen MR) is 68.8 cm³/mol. The molecule has 19 heavy (non-hydrogen) atoms. The Hall–Kier alpha value is -1.43. The number of hydrogen-bond donors (Lipinski definition) is 2. The normalized spacial score (nSPS) is 28.2. The van der Waals surface area contributed by atoms with Crippen molar-refractivity contribution in [1.82, 2.24) is 10.2 Å². The number of piperazine rings is 1. The van der Waals surface area contributed by atoms with Gasteiger partial charge in [-0.3, -0.25) is 19.7 Å². The van der Waals surface area contributed by atoms with Gasteiger partial charge >= 0.3 is 0 Å². The Labute approximate surface area is 112 Å². The van der Waals surface area contributed by atoms with Crippen LogP contribution in [0.5, 0.6) is 0 Å². The highest BCUT2D eigenvalue weighted by Crippen LogP contribution is 2.30. The van der Waals surface area contributed by atoms with E-state index in [1.165, 1.54) is 4.90 Å². The summed E-state index contributed by atoms with van der Waals surface area (Å²) in [5, 5.41) is 2.20. The molecule has 1 heterocycles. The molecule has 1 aliphatic heterocycles. The molecule has 0 aromatic rings. The molecule has 0 atom stereocenters. The van der Waals surface area contributed by atoms with E-state index in [0.29, 0.717) is 18.3 Å². The average molecular weight is 267 g/mol. The third-order valence-corrected chi connectivity index (χ3v) is 4.06. The first-order valence-corrected chi connectivity index (χ1v) is 6.89. The summed E-state index contributed by atoms with van der Waals surface area (Å²) in [6.07, 6.45) is 4.63. The molecule has 2 aliphatic rings. The number of amides is 3. The molecule has 0 bridgehead atoms. The average Bonchev–Trinajstić information content (AvgIpc) is 2.38. The Morgan fingerprint density at radius 2 is 1.63 bits per heavy atom. The fourth-order valence-electron chi connectivity index (χ4n) is 2.86. The second-order valence-corrected chi connectivity index (χ2v) is 5.55. The third-order valence-electron chi connectivity index (χ3n) is 4.06. The van der Waals surface area contributed by atoms with Gasteiger partial charge in [-0.1, -0.05) is 0 Å². The summed E-state index contributed by atoms with van der Waals surface area (Å²) in [6.45, 7) is 0.729. The van der Waals surface area contributed by atoms with Gasteiger partial charge in [0.05, 0.1) is 0 Å². The molecule has 6 heteroatoms. The topological polar surface area (TPSA) is 92.5 Å². The van der Waals surface area contributed by atoms with Crippen molar-refractivity contribution in [2.75, 3.05) is 19.6 Å². The first-order chi connectivity index (χ1) is 9.08. The second kappa shape index (κ2) is 6.14. The second-order valence-electron chi connectivity index (χ2n) is 5.55. The Balaban J connectivity index is 1.81. The lowest BCUT2D eigenvalue weighted by molar-refractivity contribution is -0.146. The Morgan fingerprint density at radius 3 is 2.16 bits per heavy atom. The maximum atomic E-state index is 12.1. The van der Waals surface area contributed by atoms with Gasteiger partial charge in [0.15, 0.2) is 0 Å². The van der Waals surface area contributed by atoms with E-state index in [4.69, 9.17) is 5.73 Å². The molecule has 1 aliphatic carbocycles. The van der Waals surface area contributed by atoms with Crippen molar-refractivity contribution in [3.8, 4) is 0 Å². The molecule has 2 rings (SSSR count). The lowest BCUT2D eigenvalue weighted by Gasteiger charge is -2.30. The molecule has 2 fully saturated rings. The maximum Gasteiger partial charge on any atom is 0.246 e. The van der Waals surface area contributed by atoms with E-state index in [0.717, 1.165) is 32.2 Å². The molecule has 3 N–H and O–H groups in total. The van der Waals surface area contributed by atoms with Crippen LogP contribution in [0.3, 0.4) is 0 Å². The van der Waals surface area contributed by atoms with Gasteiger partial charge in [-0.2, -0.15) is 0 Å². The fraction of sp³-hybridized carbons (Fsp3) is 0.769. The summed E-state index contributed by atoms with van der Waals surface area (Å²) in [6, 6.07) is 0. The molecule has 1 saturated carbocycles. The highest BCUT2D eigenvalue weighted by molar-refractivity contribution is 6.02. The lowest BCUT2D eigenvalue weighted by atomic mass is 9.80. The number of carbonyl (C=O) groups excluding carboxylic acids is 3. The molecule has 106 valence electrons. The van der Waals surface area contributed by atoms with E-state index in [1.807, 2.05) is 0 Å². The van der Waals surface area contributed by atoms with Crippen LogP contribution < -0.4 is 11.1 Å². The third kappa shape index (κ3) is 3.76. The summed E-state index contributed by atoms with van der Waals surface area (Å²) in [4.78, 5) is 35.9. The van der Waals surface area contributed by atoms with Gasteiger partial charge in [-0.05, 0) is 44.1 Å². The highest BCUT2D eigenvalue weighted by Gasteiger charge is 2.29. The number of rotatable bonds is 3. The van der Waals surface area contributed by atoms with E-state index in [2.05, 4.69) is 5.32 Å². The van der Waals surface area contributed by atoms with Crippen LogP contribution in [0, 0.1) is 11.8 Å². The molecule has 0 aromatic carbocycles. The van der Waals surface area contributed by atoms with Crippen molar-refractivity contribution >= 4 is 17.7 Å². The number of hydrogen-bond acceptors (Lipinski definition) is 4. The molecular weight excluding hydrogens is 246 g/mol. The summed E-state index contributed by atoms with van der Waals surface area (Å²) in [5.74, 6) is 0.0939. The van der Waals surface area contributed by atoms with E-state index >= 15 is 0 Å². The van der Waals surface area contributed by atoms with Gasteiger partial charge in [0.1, 0.15) is 13.1 Å². The Bertz CT molecular complexity index is 359. The summed E-state index contributed by atoms with van der Waals surface area (Å²) >= 11 is 0. The van der Waals surface area contributed by atoms with E-state index in [-0.39, 0.29) is 19.0 Å². The SMILES string of the molecule is NCC1CCC(CC(=O)N2CC(=O)NC(=O)C2)CC1. The predicted octanol–water partition coefficient (Wildman–Crippen LogP) is -0.373. The van der Waals surface area contributed by atoms with Crippen LogP contribution in [0.1, 0.15) is 32.1 Å². The fourth-order valence-corrected chi connectivity index (χ4v) is 2.86. The van der Waals surface area contributed by atoms with Crippen LogP contribution in [-0.2, 0) is 14.4 Å². The minimum Gasteiger partial charge on any atom is -0.330 e. The van der Waals surface area contributed by atoms with Gasteiger partial charge < -0.3 is 10.6 Å². The van der Waals surface area contributed by atoms with E-state index < -0.39 is 11.8 Å². The Morgan fingerprint density at radius 1 is 1.11 bits per heavy atom. The van der Waals surface area contributed by atoms with Crippen molar-refractivity contribution in [2.24, 2.45) is 17.6 Å². The van der Waals surface area contributed by atoms with Crippen molar-refractivity contribution in [3.63, 3.8) is 0 Å². The van der Waals surface area contributed by atoms with Crippen LogP contribution >= 0.6 is 0 Å². The standard InChI is InChI=1S/C13H21N3O3/c14-6-10-3-1-9(2-4-10)5-13(19)16-7-11(17)15-12(18)8-16/h9-10H,1-8,14H2,(H,15,17,18). The van der Waals surface area contributed by atoms with Crippen LogP contribution in [0.25, 0.3) is 0 Å². The monoisotopic (exact) mass is 267 g/mol. The van der Waals surface area contributed by atoms with Crippen LogP contribution in [0.2, 0.25) is 0 Å². The van der Waals surface area contributed by atoms with Gasteiger partial charge in [0.2, 0.25) is 17.7 Å². The van der Waals surface area contributed by atoms with Crippen LogP contribution in [0.4, 0.5) is 0 Å². The van der Waals surface area contributed by atoms with Gasteiger partial charge in [0, 0.05) is 6.42 Å². The Kier molecular flexibility index (Phi) is 4.52. The van der Waals surface area contributed by atoms with Crippen molar-refractivity contribution in [1.29, 1.82) is 0 Å². The van der Waals surface area contributed by atoms with Crippen molar-refractivity contribution in [3.05, 3.63) is 0 Å². The molecular formula is C13H21N3O3. The van der Waals surface area contributed by atoms with Crippen LogP contribution in [0.15, 0.2) is 0 Å². The molecule has 3 amide bonds. The molecule has 0 spiro atoms. The quantitative estimate of drug-likeness (QED) is 0.682. The summed E-state index contributed by atoms with van der Waals surface area (Å²) < 4.78 is 0. The molecule has 0 radical (unpaired) electrons. The molecule has 0 unspecified atom stereocenters. The summed E-state index contributed by atoms with van der Waals surface area (Å²) in [5.41, 5.74) is 5.64. The minimum atomic E-state index is -0.392. The smallest absolute Gasteiger partial charge is 0.246 e. The number of imide groups is 1. The van der Waals surface area contributed by atoms with E-state index in [1.54, 1.807) is 0 Å². The number of nitrogens with two attached hydrogens (primary N) is 1.